The lowest BCUT2D eigenvalue weighted by Crippen LogP contribution is -2.36. The van der Waals surface area contributed by atoms with Gasteiger partial charge < -0.3 is 14.8 Å². The molecule has 0 bridgehead atoms. The van der Waals surface area contributed by atoms with E-state index in [1.807, 2.05) is 0 Å². The number of benzene rings is 1. The fraction of sp³-hybridized carbons (Fsp3) is 0.250. The first-order valence-electron chi connectivity index (χ1n) is 7.45. The molecule has 1 aliphatic heterocycles. The van der Waals surface area contributed by atoms with Crippen LogP contribution in [0.4, 0.5) is 5.69 Å². The minimum Gasteiger partial charge on any atom is -0.454 e. The quantitative estimate of drug-likeness (QED) is 0.828. The van der Waals surface area contributed by atoms with Crippen LogP contribution in [-0.2, 0) is 21.4 Å². The standard InChI is InChI=1S/C16H17N3O5S/c1-25(21,22)19(9-12-4-6-17-7-5-12)10-16(20)18-13-2-3-14-15(8-13)24-11-23-14/h2-8H,9-11H2,1H3,(H,18,20). The van der Waals surface area contributed by atoms with E-state index in [2.05, 4.69) is 10.3 Å². The van der Waals surface area contributed by atoms with Crippen LogP contribution in [0.25, 0.3) is 0 Å². The van der Waals surface area contributed by atoms with Crippen molar-refractivity contribution in [2.75, 3.05) is 24.9 Å². The summed E-state index contributed by atoms with van der Waals surface area (Å²) in [6, 6.07) is 8.39. The summed E-state index contributed by atoms with van der Waals surface area (Å²) < 4.78 is 35.5. The summed E-state index contributed by atoms with van der Waals surface area (Å²) in [5, 5.41) is 2.67. The van der Waals surface area contributed by atoms with Gasteiger partial charge in [-0.3, -0.25) is 9.78 Å². The van der Waals surface area contributed by atoms with Gasteiger partial charge in [0.1, 0.15) is 0 Å². The SMILES string of the molecule is CS(=O)(=O)N(CC(=O)Nc1ccc2c(c1)OCO2)Cc1ccncc1. The molecule has 2 aromatic rings. The number of anilines is 1. The number of nitrogens with one attached hydrogen (secondary N) is 1. The number of nitrogens with zero attached hydrogens (tertiary/aromatic N) is 2. The monoisotopic (exact) mass is 363 g/mol. The van der Waals surface area contributed by atoms with Gasteiger partial charge in [0.05, 0.1) is 12.8 Å². The molecule has 0 saturated heterocycles. The van der Waals surface area contributed by atoms with E-state index in [-0.39, 0.29) is 19.9 Å². The van der Waals surface area contributed by atoms with Crippen LogP contribution in [0.1, 0.15) is 5.56 Å². The molecule has 0 radical (unpaired) electrons. The lowest BCUT2D eigenvalue weighted by Gasteiger charge is -2.19. The van der Waals surface area contributed by atoms with E-state index in [0.29, 0.717) is 17.2 Å². The normalized spacial score (nSPS) is 13.0. The average Bonchev–Trinajstić information content (AvgIpc) is 3.02. The molecule has 132 valence electrons. The molecule has 1 aromatic carbocycles. The van der Waals surface area contributed by atoms with Crippen molar-refractivity contribution in [2.24, 2.45) is 0 Å². The minimum atomic E-state index is -3.55. The molecule has 3 rings (SSSR count). The summed E-state index contributed by atoms with van der Waals surface area (Å²) in [7, 11) is -3.55. The molecule has 25 heavy (non-hydrogen) atoms. The largest absolute Gasteiger partial charge is 0.454 e. The van der Waals surface area contributed by atoms with E-state index < -0.39 is 15.9 Å². The van der Waals surface area contributed by atoms with Gasteiger partial charge in [0.15, 0.2) is 11.5 Å². The van der Waals surface area contributed by atoms with Crippen molar-refractivity contribution in [3.63, 3.8) is 0 Å². The molecule has 0 fully saturated rings. The van der Waals surface area contributed by atoms with E-state index in [4.69, 9.17) is 9.47 Å². The van der Waals surface area contributed by atoms with Gasteiger partial charge in [0.25, 0.3) is 0 Å². The van der Waals surface area contributed by atoms with Gasteiger partial charge in [-0.05, 0) is 29.8 Å². The summed E-state index contributed by atoms with van der Waals surface area (Å²) in [6.45, 7) is -0.0635. The van der Waals surface area contributed by atoms with Crippen molar-refractivity contribution < 1.29 is 22.7 Å². The molecule has 0 aliphatic carbocycles. The molecule has 9 heteroatoms. The zero-order valence-corrected chi connectivity index (χ0v) is 14.3. The van der Waals surface area contributed by atoms with Crippen LogP contribution in [0, 0.1) is 0 Å². The predicted molar refractivity (Wildman–Crippen MR) is 90.7 cm³/mol. The van der Waals surface area contributed by atoms with Gasteiger partial charge in [0.2, 0.25) is 22.7 Å². The molecule has 0 spiro atoms. The first-order chi connectivity index (χ1) is 11.9. The number of hydrogen-bond donors (Lipinski definition) is 1. The zero-order valence-electron chi connectivity index (χ0n) is 13.5. The third kappa shape index (κ3) is 4.46. The summed E-state index contributed by atoms with van der Waals surface area (Å²) >= 11 is 0. The highest BCUT2D eigenvalue weighted by molar-refractivity contribution is 7.88. The van der Waals surface area contributed by atoms with Gasteiger partial charge >= 0.3 is 0 Å². The molecule has 1 amide bonds. The highest BCUT2D eigenvalue weighted by atomic mass is 32.2. The number of hydrogen-bond acceptors (Lipinski definition) is 6. The number of aromatic nitrogens is 1. The number of pyridine rings is 1. The van der Waals surface area contributed by atoms with Crippen LogP contribution < -0.4 is 14.8 Å². The molecule has 0 unspecified atom stereocenters. The number of amides is 1. The third-order valence-electron chi connectivity index (χ3n) is 3.55. The van der Waals surface area contributed by atoms with Gasteiger partial charge in [-0.15, -0.1) is 0 Å². The Balaban J connectivity index is 1.68. The Bertz CT molecular complexity index is 871. The van der Waals surface area contributed by atoms with Crippen LogP contribution >= 0.6 is 0 Å². The van der Waals surface area contributed by atoms with Crippen molar-refractivity contribution in [1.82, 2.24) is 9.29 Å². The molecule has 1 N–H and O–H groups in total. The molecular formula is C16H17N3O5S. The zero-order chi connectivity index (χ0) is 17.9. The van der Waals surface area contributed by atoms with Gasteiger partial charge in [-0.1, -0.05) is 0 Å². The Morgan fingerprint density at radius 1 is 1.20 bits per heavy atom. The summed E-state index contributed by atoms with van der Waals surface area (Å²) in [5.41, 5.74) is 1.25. The molecular weight excluding hydrogens is 346 g/mol. The van der Waals surface area contributed by atoms with Crippen molar-refractivity contribution in [3.05, 3.63) is 48.3 Å². The second-order valence-electron chi connectivity index (χ2n) is 5.50. The predicted octanol–water partition coefficient (Wildman–Crippen LogP) is 1.21. The number of carbonyl (C=O) groups excluding carboxylic acids is 1. The highest BCUT2D eigenvalue weighted by Crippen LogP contribution is 2.34. The molecule has 2 heterocycles. The number of carbonyl (C=O) groups is 1. The van der Waals surface area contributed by atoms with Crippen molar-refractivity contribution in [2.45, 2.75) is 6.54 Å². The second kappa shape index (κ2) is 7.08. The number of ether oxygens (including phenoxy) is 2. The Morgan fingerprint density at radius 2 is 1.92 bits per heavy atom. The average molecular weight is 363 g/mol. The van der Waals surface area contributed by atoms with Crippen LogP contribution in [0.2, 0.25) is 0 Å². The maximum Gasteiger partial charge on any atom is 0.239 e. The van der Waals surface area contributed by atoms with E-state index in [1.165, 1.54) is 0 Å². The smallest absolute Gasteiger partial charge is 0.239 e. The van der Waals surface area contributed by atoms with Crippen molar-refractivity contribution >= 4 is 21.6 Å². The Kier molecular flexibility index (Phi) is 4.86. The van der Waals surface area contributed by atoms with E-state index in [9.17, 15) is 13.2 Å². The first-order valence-corrected chi connectivity index (χ1v) is 9.30. The molecule has 0 atom stereocenters. The Morgan fingerprint density at radius 3 is 2.64 bits per heavy atom. The first kappa shape index (κ1) is 17.2. The van der Waals surface area contributed by atoms with Crippen LogP contribution in [-0.4, -0.2) is 43.2 Å². The number of fused-ring (bicyclic) bond motifs is 1. The van der Waals surface area contributed by atoms with Crippen molar-refractivity contribution in [1.29, 1.82) is 0 Å². The summed E-state index contributed by atoms with van der Waals surface area (Å²) in [4.78, 5) is 16.1. The van der Waals surface area contributed by atoms with Crippen LogP contribution in [0.5, 0.6) is 11.5 Å². The van der Waals surface area contributed by atoms with E-state index >= 15 is 0 Å². The fourth-order valence-electron chi connectivity index (χ4n) is 2.32. The molecule has 1 aliphatic rings. The van der Waals surface area contributed by atoms with E-state index in [1.54, 1.807) is 42.7 Å². The van der Waals surface area contributed by atoms with Gasteiger partial charge in [0, 0.05) is 30.7 Å². The molecule has 8 nitrogen and oxygen atoms in total. The lowest BCUT2D eigenvalue weighted by atomic mass is 10.2. The summed E-state index contributed by atoms with van der Waals surface area (Å²) in [6.07, 6.45) is 4.22. The second-order valence-corrected chi connectivity index (χ2v) is 7.49. The van der Waals surface area contributed by atoms with Crippen molar-refractivity contribution in [3.8, 4) is 11.5 Å². The maximum atomic E-state index is 12.3. The van der Waals surface area contributed by atoms with Crippen LogP contribution in [0.15, 0.2) is 42.7 Å². The number of sulfonamides is 1. The number of rotatable bonds is 6. The Hall–Kier alpha value is -2.65. The van der Waals surface area contributed by atoms with Crippen LogP contribution in [0.3, 0.4) is 0 Å². The third-order valence-corrected chi connectivity index (χ3v) is 4.75. The van der Waals surface area contributed by atoms with Gasteiger partial charge in [-0.2, -0.15) is 4.31 Å². The summed E-state index contributed by atoms with van der Waals surface area (Å²) in [5.74, 6) is 0.696. The Labute approximate surface area is 145 Å². The van der Waals surface area contributed by atoms with E-state index in [0.717, 1.165) is 16.1 Å². The fourth-order valence-corrected chi connectivity index (χ4v) is 3.05. The van der Waals surface area contributed by atoms with Gasteiger partial charge in [-0.25, -0.2) is 8.42 Å². The highest BCUT2D eigenvalue weighted by Gasteiger charge is 2.21. The maximum absolute atomic E-state index is 12.3. The lowest BCUT2D eigenvalue weighted by molar-refractivity contribution is -0.116. The minimum absolute atomic E-state index is 0.0932. The topological polar surface area (TPSA) is 97.8 Å². The molecule has 0 saturated carbocycles. The molecule has 1 aromatic heterocycles.